The molecule has 1 N–H and O–H groups in total. The van der Waals surface area contributed by atoms with Crippen LogP contribution in [0, 0.1) is 12.8 Å². The number of rotatable bonds is 11. The minimum Gasteiger partial charge on any atom is -0.497 e. The number of hydrogen-bond acceptors (Lipinski definition) is 6. The molecule has 0 radical (unpaired) electrons. The van der Waals surface area contributed by atoms with Crippen LogP contribution in [0.5, 0.6) is 17.2 Å². The van der Waals surface area contributed by atoms with Gasteiger partial charge in [-0.3, -0.25) is 4.79 Å². The highest BCUT2D eigenvalue weighted by Crippen LogP contribution is 2.30. The minimum absolute atomic E-state index is 0.0175. The maximum atomic E-state index is 13.4. The van der Waals surface area contributed by atoms with E-state index in [2.05, 4.69) is 22.0 Å². The number of aromatic nitrogens is 2. The van der Waals surface area contributed by atoms with Gasteiger partial charge < -0.3 is 24.1 Å². The quantitative estimate of drug-likeness (QED) is 0.217. The Labute approximate surface area is 240 Å². The molecule has 210 valence electrons. The fourth-order valence-electron chi connectivity index (χ4n) is 5.24. The van der Waals surface area contributed by atoms with Crippen LogP contribution in [0.4, 0.5) is 0 Å². The first kappa shape index (κ1) is 27.8. The van der Waals surface area contributed by atoms with Gasteiger partial charge in [0.2, 0.25) is 0 Å². The van der Waals surface area contributed by atoms with Crippen LogP contribution in [-0.2, 0) is 13.2 Å². The standard InChI is InChI=1S/C32H37N3O4S/c1-22-28(32(36)33-18-23-7-5-4-6-8-23)17-30(35(22)19-24-9-11-25(37-2)12-10-24)29-21-40-31(34-29)20-39-27-15-13-26(38-3)14-16-27/h9-17,21,23H,4-8,18-20H2,1-3H3,(H,33,36). The molecule has 0 saturated heterocycles. The normalized spacial score (nSPS) is 13.7. The Morgan fingerprint density at radius 3 is 2.30 bits per heavy atom. The van der Waals surface area contributed by atoms with Crippen molar-refractivity contribution in [3.63, 3.8) is 0 Å². The largest absolute Gasteiger partial charge is 0.497 e. The van der Waals surface area contributed by atoms with Crippen molar-refractivity contribution in [3.05, 3.63) is 81.8 Å². The zero-order valence-electron chi connectivity index (χ0n) is 23.4. The number of amides is 1. The number of hydrogen-bond donors (Lipinski definition) is 1. The van der Waals surface area contributed by atoms with Crippen LogP contribution in [0.2, 0.25) is 0 Å². The van der Waals surface area contributed by atoms with Gasteiger partial charge in [0.05, 0.1) is 31.2 Å². The first-order valence-corrected chi connectivity index (χ1v) is 14.7. The summed E-state index contributed by atoms with van der Waals surface area (Å²) >= 11 is 1.55. The Hall–Kier alpha value is -3.78. The lowest BCUT2D eigenvalue weighted by atomic mass is 9.89. The van der Waals surface area contributed by atoms with Crippen LogP contribution in [0.15, 0.2) is 60.0 Å². The van der Waals surface area contributed by atoms with E-state index in [1.54, 1.807) is 25.6 Å². The molecule has 0 unspecified atom stereocenters. The summed E-state index contributed by atoms with van der Waals surface area (Å²) < 4.78 is 18.7. The zero-order valence-corrected chi connectivity index (χ0v) is 24.3. The van der Waals surface area contributed by atoms with E-state index in [9.17, 15) is 4.79 Å². The van der Waals surface area contributed by atoms with E-state index in [1.807, 2.05) is 54.8 Å². The third-order valence-electron chi connectivity index (χ3n) is 7.62. The second kappa shape index (κ2) is 13.0. The van der Waals surface area contributed by atoms with Crippen LogP contribution >= 0.6 is 11.3 Å². The van der Waals surface area contributed by atoms with Gasteiger partial charge in [0.1, 0.15) is 28.9 Å². The van der Waals surface area contributed by atoms with Crippen molar-refractivity contribution in [1.82, 2.24) is 14.9 Å². The second-order valence-corrected chi connectivity index (χ2v) is 11.2. The van der Waals surface area contributed by atoms with Crippen LogP contribution in [0.3, 0.4) is 0 Å². The molecule has 1 saturated carbocycles. The number of methoxy groups -OCH3 is 2. The van der Waals surface area contributed by atoms with Gasteiger partial charge in [-0.2, -0.15) is 0 Å². The fourth-order valence-corrected chi connectivity index (χ4v) is 5.94. The topological polar surface area (TPSA) is 74.6 Å². The van der Waals surface area contributed by atoms with Gasteiger partial charge >= 0.3 is 0 Å². The number of thiazole rings is 1. The molecular formula is C32H37N3O4S. The molecule has 5 rings (SSSR count). The van der Waals surface area contributed by atoms with Gasteiger partial charge in [-0.25, -0.2) is 4.98 Å². The average molecular weight is 560 g/mol. The van der Waals surface area contributed by atoms with Crippen LogP contribution in [0.25, 0.3) is 11.4 Å². The summed E-state index contributed by atoms with van der Waals surface area (Å²) in [5, 5.41) is 6.12. The molecule has 2 aromatic heterocycles. The number of carbonyl (C=O) groups excluding carboxylic acids is 1. The summed E-state index contributed by atoms with van der Waals surface area (Å²) in [6.45, 7) is 3.74. The monoisotopic (exact) mass is 559 g/mol. The molecule has 1 aliphatic rings. The molecule has 40 heavy (non-hydrogen) atoms. The molecule has 0 spiro atoms. The lowest BCUT2D eigenvalue weighted by molar-refractivity contribution is 0.0943. The molecule has 2 aromatic carbocycles. The lowest BCUT2D eigenvalue weighted by Crippen LogP contribution is -2.30. The molecule has 4 aromatic rings. The summed E-state index contributed by atoms with van der Waals surface area (Å²) in [6.07, 6.45) is 6.22. The van der Waals surface area contributed by atoms with Crippen molar-refractivity contribution in [1.29, 1.82) is 0 Å². The van der Waals surface area contributed by atoms with E-state index in [0.717, 1.165) is 51.4 Å². The SMILES string of the molecule is COc1ccc(Cn2c(-c3csc(COc4ccc(OC)cc4)n3)cc(C(=O)NCC3CCCCC3)c2C)cc1. The van der Waals surface area contributed by atoms with Crippen LogP contribution < -0.4 is 19.5 Å². The highest BCUT2D eigenvalue weighted by molar-refractivity contribution is 7.09. The third kappa shape index (κ3) is 6.67. The Morgan fingerprint density at radius 1 is 0.975 bits per heavy atom. The Morgan fingerprint density at radius 2 is 1.62 bits per heavy atom. The smallest absolute Gasteiger partial charge is 0.253 e. The number of ether oxygens (including phenoxy) is 3. The van der Waals surface area contributed by atoms with Gasteiger partial charge in [-0.05, 0) is 73.7 Å². The van der Waals surface area contributed by atoms with E-state index in [1.165, 1.54) is 32.1 Å². The molecule has 8 heteroatoms. The second-order valence-electron chi connectivity index (χ2n) is 10.3. The molecule has 1 fully saturated rings. The Kier molecular flexibility index (Phi) is 9.06. The summed E-state index contributed by atoms with van der Waals surface area (Å²) in [4.78, 5) is 18.3. The zero-order chi connectivity index (χ0) is 27.9. The average Bonchev–Trinajstić information content (AvgIpc) is 3.60. The van der Waals surface area contributed by atoms with E-state index >= 15 is 0 Å². The first-order chi connectivity index (χ1) is 19.5. The molecule has 0 aliphatic heterocycles. The van der Waals surface area contributed by atoms with E-state index < -0.39 is 0 Å². The number of carbonyl (C=O) groups is 1. The highest BCUT2D eigenvalue weighted by atomic mass is 32.1. The van der Waals surface area contributed by atoms with Gasteiger partial charge in [0.15, 0.2) is 0 Å². The molecule has 1 amide bonds. The van der Waals surface area contributed by atoms with Crippen molar-refractivity contribution in [3.8, 4) is 28.6 Å². The number of nitrogens with one attached hydrogen (secondary N) is 1. The molecule has 7 nitrogen and oxygen atoms in total. The molecule has 0 atom stereocenters. The lowest BCUT2D eigenvalue weighted by Gasteiger charge is -2.21. The van der Waals surface area contributed by atoms with E-state index in [4.69, 9.17) is 19.2 Å². The summed E-state index contributed by atoms with van der Waals surface area (Å²) in [5.74, 6) is 2.92. The van der Waals surface area contributed by atoms with Gasteiger partial charge in [-0.15, -0.1) is 11.3 Å². The minimum atomic E-state index is -0.0175. The number of nitrogens with zero attached hydrogens (tertiary/aromatic N) is 2. The maximum absolute atomic E-state index is 13.4. The fraction of sp³-hybridized carbons (Fsp3) is 0.375. The van der Waals surface area contributed by atoms with E-state index in [0.29, 0.717) is 24.6 Å². The Bertz CT molecular complexity index is 1400. The van der Waals surface area contributed by atoms with Crippen molar-refractivity contribution in [2.75, 3.05) is 20.8 Å². The Balaban J connectivity index is 1.37. The number of benzene rings is 2. The maximum Gasteiger partial charge on any atom is 0.253 e. The predicted octanol–water partition coefficient (Wildman–Crippen LogP) is 6.87. The van der Waals surface area contributed by atoms with Gasteiger partial charge in [0.25, 0.3) is 5.91 Å². The highest BCUT2D eigenvalue weighted by Gasteiger charge is 2.22. The van der Waals surface area contributed by atoms with Crippen LogP contribution in [0.1, 0.15) is 58.7 Å². The molecule has 2 heterocycles. The third-order valence-corrected chi connectivity index (χ3v) is 8.45. The predicted molar refractivity (Wildman–Crippen MR) is 159 cm³/mol. The van der Waals surface area contributed by atoms with Gasteiger partial charge in [-0.1, -0.05) is 31.4 Å². The molecule has 1 aliphatic carbocycles. The molecule has 0 bridgehead atoms. The summed E-state index contributed by atoms with van der Waals surface area (Å²) in [6, 6.07) is 17.5. The van der Waals surface area contributed by atoms with Crippen molar-refractivity contribution < 1.29 is 19.0 Å². The molecular weight excluding hydrogens is 522 g/mol. The van der Waals surface area contributed by atoms with Crippen molar-refractivity contribution in [2.24, 2.45) is 5.92 Å². The summed E-state index contributed by atoms with van der Waals surface area (Å²) in [5.41, 5.74) is 4.50. The first-order valence-electron chi connectivity index (χ1n) is 13.9. The van der Waals surface area contributed by atoms with Crippen LogP contribution in [-0.4, -0.2) is 36.2 Å². The van der Waals surface area contributed by atoms with Crippen molar-refractivity contribution >= 4 is 17.2 Å². The van der Waals surface area contributed by atoms with E-state index in [-0.39, 0.29) is 5.91 Å². The van der Waals surface area contributed by atoms with Gasteiger partial charge in [0, 0.05) is 24.2 Å². The van der Waals surface area contributed by atoms with Crippen molar-refractivity contribution in [2.45, 2.75) is 52.2 Å². The summed E-state index contributed by atoms with van der Waals surface area (Å²) in [7, 11) is 3.31.